The second-order valence-corrected chi connectivity index (χ2v) is 5.22. The second kappa shape index (κ2) is 7.97. The van der Waals surface area contributed by atoms with E-state index < -0.39 is 24.3 Å². The summed E-state index contributed by atoms with van der Waals surface area (Å²) in [6.07, 6.45) is 1.34. The topological polar surface area (TPSA) is 99.0 Å². The van der Waals surface area contributed by atoms with Gasteiger partial charge in [0.25, 0.3) is 5.91 Å². The molecule has 0 spiro atoms. The summed E-state index contributed by atoms with van der Waals surface area (Å²) in [5.41, 5.74) is 0.979. The Balaban J connectivity index is 1.58. The SMILES string of the molecule is O=C(COC(=O)c1ccccc1-n1cnnn1)NCc1ccccc1F. The number of benzene rings is 2. The Hall–Kier alpha value is -3.62. The van der Waals surface area contributed by atoms with Gasteiger partial charge < -0.3 is 10.1 Å². The quantitative estimate of drug-likeness (QED) is 0.669. The smallest absolute Gasteiger partial charge is 0.340 e. The second-order valence-electron chi connectivity index (χ2n) is 5.22. The summed E-state index contributed by atoms with van der Waals surface area (Å²) in [6.45, 7) is -0.485. The molecular weight excluding hydrogens is 341 g/mol. The van der Waals surface area contributed by atoms with E-state index in [1.54, 1.807) is 36.4 Å². The van der Waals surface area contributed by atoms with E-state index in [9.17, 15) is 14.0 Å². The van der Waals surface area contributed by atoms with Gasteiger partial charge in [0.2, 0.25) is 0 Å². The zero-order valence-corrected chi connectivity index (χ0v) is 13.5. The minimum atomic E-state index is -0.697. The summed E-state index contributed by atoms with van der Waals surface area (Å²) in [5.74, 6) is -1.65. The van der Waals surface area contributed by atoms with Crippen molar-refractivity contribution in [2.45, 2.75) is 6.54 Å². The number of hydrogen-bond donors (Lipinski definition) is 1. The van der Waals surface area contributed by atoms with Gasteiger partial charge >= 0.3 is 5.97 Å². The fourth-order valence-corrected chi connectivity index (χ4v) is 2.21. The maximum absolute atomic E-state index is 13.5. The van der Waals surface area contributed by atoms with Gasteiger partial charge in [-0.3, -0.25) is 4.79 Å². The summed E-state index contributed by atoms with van der Waals surface area (Å²) in [7, 11) is 0. The molecule has 0 aliphatic carbocycles. The number of carbonyl (C=O) groups is 2. The van der Waals surface area contributed by atoms with Crippen molar-refractivity contribution in [3.63, 3.8) is 0 Å². The highest BCUT2D eigenvalue weighted by Crippen LogP contribution is 2.13. The molecule has 0 unspecified atom stereocenters. The van der Waals surface area contributed by atoms with Gasteiger partial charge in [-0.15, -0.1) is 5.10 Å². The predicted octanol–water partition coefficient (Wildman–Crippen LogP) is 1.27. The maximum atomic E-state index is 13.5. The molecule has 26 heavy (non-hydrogen) atoms. The van der Waals surface area contributed by atoms with E-state index >= 15 is 0 Å². The van der Waals surface area contributed by atoms with Crippen molar-refractivity contribution in [2.75, 3.05) is 6.61 Å². The molecule has 0 fully saturated rings. The Morgan fingerprint density at radius 3 is 2.65 bits per heavy atom. The molecule has 1 N–H and O–H groups in total. The van der Waals surface area contributed by atoms with E-state index in [2.05, 4.69) is 20.8 Å². The van der Waals surface area contributed by atoms with Crippen LogP contribution in [0.5, 0.6) is 0 Å². The van der Waals surface area contributed by atoms with Crippen LogP contribution in [0.2, 0.25) is 0 Å². The normalized spacial score (nSPS) is 10.3. The number of rotatable bonds is 6. The lowest BCUT2D eigenvalue weighted by Crippen LogP contribution is -2.28. The molecule has 9 heteroatoms. The van der Waals surface area contributed by atoms with Crippen LogP contribution in [0.1, 0.15) is 15.9 Å². The van der Waals surface area contributed by atoms with Crippen molar-refractivity contribution in [3.05, 3.63) is 71.8 Å². The van der Waals surface area contributed by atoms with Gasteiger partial charge in [0.1, 0.15) is 12.1 Å². The van der Waals surface area contributed by atoms with Gasteiger partial charge in [-0.25, -0.2) is 9.18 Å². The van der Waals surface area contributed by atoms with E-state index in [0.29, 0.717) is 11.3 Å². The Bertz CT molecular complexity index is 914. The zero-order chi connectivity index (χ0) is 18.4. The molecule has 1 amide bonds. The monoisotopic (exact) mass is 355 g/mol. The van der Waals surface area contributed by atoms with Crippen molar-refractivity contribution < 1.29 is 18.7 Å². The Kier molecular flexibility index (Phi) is 5.28. The number of aromatic nitrogens is 4. The number of para-hydroxylation sites is 1. The first-order valence-electron chi connectivity index (χ1n) is 7.65. The predicted molar refractivity (Wildman–Crippen MR) is 87.7 cm³/mol. The van der Waals surface area contributed by atoms with Crippen LogP contribution in [0, 0.1) is 5.82 Å². The highest BCUT2D eigenvalue weighted by Gasteiger charge is 2.16. The number of tetrazole rings is 1. The van der Waals surface area contributed by atoms with Crippen molar-refractivity contribution >= 4 is 11.9 Å². The molecule has 0 saturated heterocycles. The average Bonchev–Trinajstić information content (AvgIpc) is 3.20. The molecular formula is C17H14FN5O3. The summed E-state index contributed by atoms with van der Waals surface area (Å²) < 4.78 is 19.8. The fourth-order valence-electron chi connectivity index (χ4n) is 2.21. The molecule has 0 radical (unpaired) electrons. The molecule has 0 atom stereocenters. The largest absolute Gasteiger partial charge is 0.452 e. The Morgan fingerprint density at radius 1 is 1.12 bits per heavy atom. The maximum Gasteiger partial charge on any atom is 0.340 e. The lowest BCUT2D eigenvalue weighted by Gasteiger charge is -2.09. The molecule has 0 aliphatic heterocycles. The molecule has 0 aliphatic rings. The van der Waals surface area contributed by atoms with Crippen LogP contribution in [0.15, 0.2) is 54.9 Å². The van der Waals surface area contributed by atoms with Crippen molar-refractivity contribution in [2.24, 2.45) is 0 Å². The van der Waals surface area contributed by atoms with Crippen molar-refractivity contribution in [3.8, 4) is 5.69 Å². The van der Waals surface area contributed by atoms with Gasteiger partial charge in [-0.1, -0.05) is 30.3 Å². The summed E-state index contributed by atoms with van der Waals surface area (Å²) in [4.78, 5) is 24.1. The number of nitrogens with one attached hydrogen (secondary N) is 1. The third-order valence-corrected chi connectivity index (χ3v) is 3.49. The summed E-state index contributed by atoms with van der Waals surface area (Å²) in [5, 5.41) is 13.3. The average molecular weight is 355 g/mol. The van der Waals surface area contributed by atoms with Gasteiger partial charge in [0.15, 0.2) is 6.61 Å². The minimum Gasteiger partial charge on any atom is -0.452 e. The minimum absolute atomic E-state index is 0.00424. The lowest BCUT2D eigenvalue weighted by molar-refractivity contribution is -0.124. The third-order valence-electron chi connectivity index (χ3n) is 3.49. The van der Waals surface area contributed by atoms with Crippen LogP contribution < -0.4 is 5.32 Å². The number of halogens is 1. The molecule has 1 aromatic heterocycles. The molecule has 0 saturated carbocycles. The fraction of sp³-hybridized carbons (Fsp3) is 0.118. The number of hydrogen-bond acceptors (Lipinski definition) is 6. The number of amides is 1. The van der Waals surface area contributed by atoms with Crippen LogP contribution in [-0.4, -0.2) is 38.7 Å². The molecule has 8 nitrogen and oxygen atoms in total. The number of nitrogens with zero attached hydrogens (tertiary/aromatic N) is 4. The van der Waals surface area contributed by atoms with Crippen LogP contribution in [0.25, 0.3) is 5.69 Å². The lowest BCUT2D eigenvalue weighted by atomic mass is 10.2. The number of ether oxygens (including phenoxy) is 1. The van der Waals surface area contributed by atoms with Gasteiger partial charge in [0.05, 0.1) is 11.3 Å². The van der Waals surface area contributed by atoms with E-state index in [-0.39, 0.29) is 12.1 Å². The van der Waals surface area contributed by atoms with Crippen molar-refractivity contribution in [1.29, 1.82) is 0 Å². The summed E-state index contributed by atoms with van der Waals surface area (Å²) >= 11 is 0. The molecule has 132 valence electrons. The molecule has 1 heterocycles. The third kappa shape index (κ3) is 4.07. The highest BCUT2D eigenvalue weighted by molar-refractivity contribution is 5.94. The first kappa shape index (κ1) is 17.2. The molecule has 0 bridgehead atoms. The Labute approximate surface area is 147 Å². The number of carbonyl (C=O) groups excluding carboxylic acids is 2. The van der Waals surface area contributed by atoms with E-state index in [1.807, 2.05) is 0 Å². The van der Waals surface area contributed by atoms with Crippen LogP contribution in [0.4, 0.5) is 4.39 Å². The first-order chi connectivity index (χ1) is 12.6. The van der Waals surface area contributed by atoms with E-state index in [4.69, 9.17) is 4.74 Å². The van der Waals surface area contributed by atoms with Gasteiger partial charge in [-0.2, -0.15) is 4.68 Å². The van der Waals surface area contributed by atoms with Crippen LogP contribution in [0.3, 0.4) is 0 Å². The number of esters is 1. The molecule has 3 rings (SSSR count). The molecule has 2 aromatic carbocycles. The first-order valence-corrected chi connectivity index (χ1v) is 7.65. The molecule has 3 aromatic rings. The van der Waals surface area contributed by atoms with E-state index in [0.717, 1.165) is 0 Å². The zero-order valence-electron chi connectivity index (χ0n) is 13.5. The van der Waals surface area contributed by atoms with Gasteiger partial charge in [-0.05, 0) is 28.6 Å². The Morgan fingerprint density at radius 2 is 1.88 bits per heavy atom. The standard InChI is InChI=1S/C17H14FN5O3/c18-14-7-3-1-5-12(14)9-19-16(24)10-26-17(25)13-6-2-4-8-15(13)23-11-20-21-22-23/h1-8,11H,9-10H2,(H,19,24). The summed E-state index contributed by atoms with van der Waals surface area (Å²) in [6, 6.07) is 12.6. The van der Waals surface area contributed by atoms with Crippen LogP contribution in [-0.2, 0) is 16.1 Å². The van der Waals surface area contributed by atoms with Gasteiger partial charge in [0, 0.05) is 12.1 Å². The van der Waals surface area contributed by atoms with Crippen molar-refractivity contribution in [1.82, 2.24) is 25.5 Å². The van der Waals surface area contributed by atoms with E-state index in [1.165, 1.54) is 23.1 Å². The highest BCUT2D eigenvalue weighted by atomic mass is 19.1. The van der Waals surface area contributed by atoms with Crippen LogP contribution >= 0.6 is 0 Å².